The van der Waals surface area contributed by atoms with Gasteiger partial charge in [-0.1, -0.05) is 29.8 Å². The molecule has 0 radical (unpaired) electrons. The van der Waals surface area contributed by atoms with Crippen molar-refractivity contribution in [1.29, 1.82) is 0 Å². The Bertz CT molecular complexity index is 670. The lowest BCUT2D eigenvalue weighted by molar-refractivity contribution is 0.0300. The van der Waals surface area contributed by atoms with Gasteiger partial charge in [0.05, 0.1) is 18.8 Å². The third-order valence-electron chi connectivity index (χ3n) is 3.60. The Balaban J connectivity index is 1.72. The number of rotatable bonds is 4. The fourth-order valence-corrected chi connectivity index (χ4v) is 2.47. The summed E-state index contributed by atoms with van der Waals surface area (Å²) < 4.78 is 11.1. The second-order valence-corrected chi connectivity index (χ2v) is 5.57. The molecule has 0 bridgehead atoms. The summed E-state index contributed by atoms with van der Waals surface area (Å²) in [5.41, 5.74) is 1.46. The minimum atomic E-state index is -0.0295. The van der Waals surface area contributed by atoms with Gasteiger partial charge in [0, 0.05) is 24.8 Å². The number of morpholine rings is 1. The van der Waals surface area contributed by atoms with Gasteiger partial charge < -0.3 is 14.4 Å². The van der Waals surface area contributed by atoms with Crippen LogP contribution in [0.5, 0.6) is 5.75 Å². The van der Waals surface area contributed by atoms with Gasteiger partial charge in [0.2, 0.25) is 0 Å². The fraction of sp³-hybridized carbons (Fsp3) is 0.294. The topological polar surface area (TPSA) is 51.7 Å². The second kappa shape index (κ2) is 7.44. The Kier molecular flexibility index (Phi) is 5.10. The average Bonchev–Trinajstić information content (AvgIpc) is 2.62. The van der Waals surface area contributed by atoms with E-state index in [1.165, 1.54) is 0 Å². The summed E-state index contributed by atoms with van der Waals surface area (Å²) in [5.74, 6) is 0.539. The Morgan fingerprint density at radius 3 is 2.74 bits per heavy atom. The molecule has 0 spiro atoms. The monoisotopic (exact) mass is 332 g/mol. The van der Waals surface area contributed by atoms with Gasteiger partial charge in [-0.05, 0) is 18.2 Å². The minimum Gasteiger partial charge on any atom is -0.488 e. The highest BCUT2D eigenvalue weighted by molar-refractivity contribution is 6.29. The van der Waals surface area contributed by atoms with Crippen LogP contribution in [0.15, 0.2) is 42.6 Å². The van der Waals surface area contributed by atoms with Gasteiger partial charge >= 0.3 is 0 Å². The maximum absolute atomic E-state index is 12.6. The molecule has 2 heterocycles. The number of carbonyl (C=O) groups is 1. The van der Waals surface area contributed by atoms with Crippen molar-refractivity contribution in [1.82, 2.24) is 9.88 Å². The molecule has 120 valence electrons. The standard InChI is InChI=1S/C17H17ClN2O3/c18-16-6-5-13(11-19-16)12-23-15-4-2-1-3-14(15)17(21)20-7-9-22-10-8-20/h1-6,11H,7-10,12H2. The maximum Gasteiger partial charge on any atom is 0.257 e. The van der Waals surface area contributed by atoms with Crippen molar-refractivity contribution < 1.29 is 14.3 Å². The zero-order valence-corrected chi connectivity index (χ0v) is 13.3. The number of halogens is 1. The van der Waals surface area contributed by atoms with Crippen molar-refractivity contribution in [2.75, 3.05) is 26.3 Å². The summed E-state index contributed by atoms with van der Waals surface area (Å²) in [6.07, 6.45) is 1.66. The number of amides is 1. The molecule has 0 unspecified atom stereocenters. The van der Waals surface area contributed by atoms with E-state index in [0.717, 1.165) is 5.56 Å². The van der Waals surface area contributed by atoms with Crippen LogP contribution in [0, 0.1) is 0 Å². The van der Waals surface area contributed by atoms with E-state index in [9.17, 15) is 4.79 Å². The predicted molar refractivity (Wildman–Crippen MR) is 86.7 cm³/mol. The quantitative estimate of drug-likeness (QED) is 0.808. The van der Waals surface area contributed by atoms with E-state index in [-0.39, 0.29) is 5.91 Å². The van der Waals surface area contributed by atoms with E-state index < -0.39 is 0 Å². The van der Waals surface area contributed by atoms with Crippen LogP contribution in [0.25, 0.3) is 0 Å². The van der Waals surface area contributed by atoms with Gasteiger partial charge in [0.15, 0.2) is 0 Å². The van der Waals surface area contributed by atoms with E-state index >= 15 is 0 Å². The number of aromatic nitrogens is 1. The lowest BCUT2D eigenvalue weighted by Gasteiger charge is -2.27. The number of carbonyl (C=O) groups excluding carboxylic acids is 1. The summed E-state index contributed by atoms with van der Waals surface area (Å²) in [7, 11) is 0. The highest BCUT2D eigenvalue weighted by Gasteiger charge is 2.21. The third kappa shape index (κ3) is 4.00. The number of benzene rings is 1. The molecule has 0 N–H and O–H groups in total. The molecule has 1 aromatic carbocycles. The normalized spacial score (nSPS) is 14.6. The molecule has 23 heavy (non-hydrogen) atoms. The Labute approximate surface area is 139 Å². The zero-order chi connectivity index (χ0) is 16.1. The van der Waals surface area contributed by atoms with Crippen LogP contribution < -0.4 is 4.74 Å². The van der Waals surface area contributed by atoms with Crippen LogP contribution in [0.4, 0.5) is 0 Å². The average molecular weight is 333 g/mol. The lowest BCUT2D eigenvalue weighted by atomic mass is 10.1. The van der Waals surface area contributed by atoms with Crippen molar-refractivity contribution in [3.05, 3.63) is 58.9 Å². The molecule has 0 atom stereocenters. The molecule has 0 aliphatic carbocycles. The van der Waals surface area contributed by atoms with Crippen LogP contribution in [0.2, 0.25) is 5.15 Å². The van der Waals surface area contributed by atoms with Crippen LogP contribution in [0.1, 0.15) is 15.9 Å². The van der Waals surface area contributed by atoms with Gasteiger partial charge in [0.25, 0.3) is 5.91 Å². The highest BCUT2D eigenvalue weighted by Crippen LogP contribution is 2.21. The number of ether oxygens (including phenoxy) is 2. The Hall–Kier alpha value is -2.11. The van der Waals surface area contributed by atoms with Gasteiger partial charge in [-0.2, -0.15) is 0 Å². The van der Waals surface area contributed by atoms with Gasteiger partial charge in [-0.25, -0.2) is 4.98 Å². The summed E-state index contributed by atoms with van der Waals surface area (Å²) in [5, 5.41) is 0.441. The molecule has 3 rings (SSSR count). The number of pyridine rings is 1. The van der Waals surface area contributed by atoms with Crippen molar-refractivity contribution in [2.24, 2.45) is 0 Å². The summed E-state index contributed by atoms with van der Waals surface area (Å²) in [4.78, 5) is 18.4. The first-order chi connectivity index (χ1) is 11.2. The molecule has 6 heteroatoms. The van der Waals surface area contributed by atoms with Crippen molar-refractivity contribution in [3.8, 4) is 5.75 Å². The predicted octanol–water partition coefficient (Wildman–Crippen LogP) is 2.79. The fourth-order valence-electron chi connectivity index (χ4n) is 2.36. The molecule has 1 saturated heterocycles. The first-order valence-corrected chi connectivity index (χ1v) is 7.81. The summed E-state index contributed by atoms with van der Waals surface area (Å²) >= 11 is 5.77. The van der Waals surface area contributed by atoms with Crippen LogP contribution >= 0.6 is 11.6 Å². The summed E-state index contributed by atoms with van der Waals surface area (Å²) in [6, 6.07) is 10.8. The number of hydrogen-bond donors (Lipinski definition) is 0. The molecule has 1 aromatic heterocycles. The van der Waals surface area contributed by atoms with Crippen molar-refractivity contribution in [2.45, 2.75) is 6.61 Å². The smallest absolute Gasteiger partial charge is 0.257 e. The first kappa shape index (κ1) is 15.8. The van der Waals surface area contributed by atoms with Crippen LogP contribution in [-0.4, -0.2) is 42.1 Å². The maximum atomic E-state index is 12.6. The van der Waals surface area contributed by atoms with Crippen molar-refractivity contribution >= 4 is 17.5 Å². The van der Waals surface area contributed by atoms with E-state index in [4.69, 9.17) is 21.1 Å². The Morgan fingerprint density at radius 1 is 1.22 bits per heavy atom. The third-order valence-corrected chi connectivity index (χ3v) is 3.82. The second-order valence-electron chi connectivity index (χ2n) is 5.18. The molecule has 2 aromatic rings. The van der Waals surface area contributed by atoms with Gasteiger partial charge in [0.1, 0.15) is 17.5 Å². The van der Waals surface area contributed by atoms with E-state index in [2.05, 4.69) is 4.98 Å². The number of hydrogen-bond acceptors (Lipinski definition) is 4. The molecule has 5 nitrogen and oxygen atoms in total. The molecule has 0 saturated carbocycles. The SMILES string of the molecule is O=C(c1ccccc1OCc1ccc(Cl)nc1)N1CCOCC1. The molecular formula is C17H17ClN2O3. The Morgan fingerprint density at radius 2 is 2.00 bits per heavy atom. The molecule has 1 aliphatic rings. The molecule has 1 aliphatic heterocycles. The van der Waals surface area contributed by atoms with Crippen molar-refractivity contribution in [3.63, 3.8) is 0 Å². The largest absolute Gasteiger partial charge is 0.488 e. The minimum absolute atomic E-state index is 0.0295. The van der Waals surface area contributed by atoms with E-state index in [0.29, 0.717) is 49.4 Å². The first-order valence-electron chi connectivity index (χ1n) is 7.43. The highest BCUT2D eigenvalue weighted by atomic mass is 35.5. The molecular weight excluding hydrogens is 316 g/mol. The number of nitrogens with zero attached hydrogens (tertiary/aromatic N) is 2. The van der Waals surface area contributed by atoms with E-state index in [1.807, 2.05) is 18.2 Å². The zero-order valence-electron chi connectivity index (χ0n) is 12.6. The van der Waals surface area contributed by atoms with Gasteiger partial charge in [-0.15, -0.1) is 0 Å². The van der Waals surface area contributed by atoms with Crippen LogP contribution in [-0.2, 0) is 11.3 Å². The summed E-state index contributed by atoms with van der Waals surface area (Å²) in [6.45, 7) is 2.69. The lowest BCUT2D eigenvalue weighted by Crippen LogP contribution is -2.40. The van der Waals surface area contributed by atoms with E-state index in [1.54, 1.807) is 29.3 Å². The molecule has 1 fully saturated rings. The van der Waals surface area contributed by atoms with Gasteiger partial charge in [-0.3, -0.25) is 4.79 Å². The van der Waals surface area contributed by atoms with Crippen LogP contribution in [0.3, 0.4) is 0 Å². The number of para-hydroxylation sites is 1. The molecule has 1 amide bonds.